The van der Waals surface area contributed by atoms with Gasteiger partial charge in [-0.1, -0.05) is 28.1 Å². The topological polar surface area (TPSA) is 74.7 Å². The number of carbonyl (C=O) groups is 1. The van der Waals surface area contributed by atoms with Gasteiger partial charge in [-0.25, -0.2) is 13.2 Å². The molecule has 0 aliphatic carbocycles. The fraction of sp³-hybridized carbons (Fsp3) is 0.308. The van der Waals surface area contributed by atoms with Gasteiger partial charge in [0, 0.05) is 17.6 Å². The van der Waals surface area contributed by atoms with Gasteiger partial charge in [0.2, 0.25) is 10.0 Å². The van der Waals surface area contributed by atoms with Crippen LogP contribution >= 0.6 is 15.9 Å². The van der Waals surface area contributed by atoms with Crippen LogP contribution in [0.3, 0.4) is 0 Å². The lowest BCUT2D eigenvalue weighted by atomic mass is 10.1. The number of hydrogen-bond acceptors (Lipinski definition) is 3. The number of hydrogen-bond donors (Lipinski definition) is 1. The standard InChI is InChI=1S/C13H14BrNO4S/c1-9-11(14)7-10(13(16)17)8-12(9)20(18,19)15-5-3-2-4-6-15/h2-3,7-8H,4-6H2,1H3,(H,16,17). The number of nitrogens with zero attached hydrogens (tertiary/aromatic N) is 1. The minimum absolute atomic E-state index is 0.0413. The largest absolute Gasteiger partial charge is 0.478 e. The van der Waals surface area contributed by atoms with Gasteiger partial charge < -0.3 is 5.11 Å². The van der Waals surface area contributed by atoms with E-state index in [1.807, 2.05) is 6.08 Å². The predicted octanol–water partition coefficient (Wildman–Crippen LogP) is 2.41. The van der Waals surface area contributed by atoms with Crippen LogP contribution in [0.25, 0.3) is 0 Å². The third kappa shape index (κ3) is 2.79. The first-order chi connectivity index (χ1) is 9.34. The van der Waals surface area contributed by atoms with E-state index in [2.05, 4.69) is 15.9 Å². The molecule has 5 nitrogen and oxygen atoms in total. The number of carboxylic acid groups (broad SMARTS) is 1. The SMILES string of the molecule is Cc1c(Br)cc(C(=O)O)cc1S(=O)(=O)N1CC=CCC1. The molecular weight excluding hydrogens is 346 g/mol. The lowest BCUT2D eigenvalue weighted by Gasteiger charge is -2.24. The summed E-state index contributed by atoms with van der Waals surface area (Å²) < 4.78 is 27.1. The van der Waals surface area contributed by atoms with Crippen LogP contribution in [0, 0.1) is 6.92 Å². The maximum atomic E-state index is 12.6. The Bertz CT molecular complexity index is 682. The van der Waals surface area contributed by atoms with E-state index in [9.17, 15) is 13.2 Å². The zero-order valence-electron chi connectivity index (χ0n) is 10.8. The van der Waals surface area contributed by atoms with Gasteiger partial charge in [0.25, 0.3) is 0 Å². The lowest BCUT2D eigenvalue weighted by molar-refractivity contribution is 0.0696. The monoisotopic (exact) mass is 359 g/mol. The maximum Gasteiger partial charge on any atom is 0.335 e. The number of halogens is 1. The van der Waals surface area contributed by atoms with Crippen LogP contribution in [0.2, 0.25) is 0 Å². The number of aromatic carboxylic acids is 1. The average Bonchev–Trinajstić information content (AvgIpc) is 2.42. The Morgan fingerprint density at radius 2 is 2.05 bits per heavy atom. The van der Waals surface area contributed by atoms with Crippen LogP contribution in [-0.2, 0) is 10.0 Å². The van der Waals surface area contributed by atoms with E-state index in [0.717, 1.165) is 0 Å². The normalized spacial score (nSPS) is 16.3. The summed E-state index contributed by atoms with van der Waals surface area (Å²) in [6.45, 7) is 2.38. The van der Waals surface area contributed by atoms with Crippen LogP contribution in [0.1, 0.15) is 22.3 Å². The first kappa shape index (κ1) is 15.2. The Morgan fingerprint density at radius 1 is 1.35 bits per heavy atom. The van der Waals surface area contributed by atoms with Crippen LogP contribution in [0.4, 0.5) is 0 Å². The number of benzene rings is 1. The molecule has 0 bridgehead atoms. The molecular formula is C13H14BrNO4S. The van der Waals surface area contributed by atoms with Crippen molar-refractivity contribution < 1.29 is 18.3 Å². The molecule has 1 aliphatic rings. The summed E-state index contributed by atoms with van der Waals surface area (Å²) in [7, 11) is -3.68. The number of rotatable bonds is 3. The van der Waals surface area contributed by atoms with E-state index >= 15 is 0 Å². The summed E-state index contributed by atoms with van der Waals surface area (Å²) in [5.41, 5.74) is 0.471. The molecule has 108 valence electrons. The Balaban J connectivity index is 2.56. The van der Waals surface area contributed by atoms with E-state index in [-0.39, 0.29) is 10.5 Å². The van der Waals surface area contributed by atoms with Gasteiger partial charge in [-0.2, -0.15) is 4.31 Å². The highest BCUT2D eigenvalue weighted by Gasteiger charge is 2.28. The highest BCUT2D eigenvalue weighted by molar-refractivity contribution is 9.10. The average molecular weight is 360 g/mol. The van der Waals surface area contributed by atoms with Crippen molar-refractivity contribution in [3.8, 4) is 0 Å². The van der Waals surface area contributed by atoms with Gasteiger partial charge in [-0.05, 0) is 31.0 Å². The molecule has 0 spiro atoms. The summed E-state index contributed by atoms with van der Waals surface area (Å²) in [5, 5.41) is 9.06. The Morgan fingerprint density at radius 3 is 2.60 bits per heavy atom. The fourth-order valence-electron chi connectivity index (χ4n) is 2.02. The zero-order valence-corrected chi connectivity index (χ0v) is 13.2. The first-order valence-electron chi connectivity index (χ1n) is 6.02. The molecule has 0 unspecified atom stereocenters. The van der Waals surface area contributed by atoms with Crippen molar-refractivity contribution in [2.45, 2.75) is 18.2 Å². The van der Waals surface area contributed by atoms with Gasteiger partial charge in [0.15, 0.2) is 0 Å². The minimum Gasteiger partial charge on any atom is -0.478 e. The van der Waals surface area contributed by atoms with Gasteiger partial charge in [0.1, 0.15) is 0 Å². The molecule has 0 saturated heterocycles. The van der Waals surface area contributed by atoms with Crippen molar-refractivity contribution in [2.24, 2.45) is 0 Å². The molecule has 2 rings (SSSR count). The summed E-state index contributed by atoms with van der Waals surface area (Å²) in [6.07, 6.45) is 4.40. The molecule has 1 N–H and O–H groups in total. The third-order valence-corrected chi connectivity index (χ3v) is 6.00. The van der Waals surface area contributed by atoms with E-state index in [0.29, 0.717) is 29.5 Å². The highest BCUT2D eigenvalue weighted by Crippen LogP contribution is 2.28. The third-order valence-electron chi connectivity index (χ3n) is 3.18. The molecule has 1 aromatic carbocycles. The Hall–Kier alpha value is -1.18. The van der Waals surface area contributed by atoms with Crippen LogP contribution < -0.4 is 0 Å². The molecule has 0 saturated carbocycles. The molecule has 0 aromatic heterocycles. The van der Waals surface area contributed by atoms with Crippen molar-refractivity contribution in [3.63, 3.8) is 0 Å². The first-order valence-corrected chi connectivity index (χ1v) is 8.26. The zero-order chi connectivity index (χ0) is 14.9. The van der Waals surface area contributed by atoms with Crippen molar-refractivity contribution >= 4 is 31.9 Å². The van der Waals surface area contributed by atoms with Crippen molar-refractivity contribution in [2.75, 3.05) is 13.1 Å². The summed E-state index contributed by atoms with van der Waals surface area (Å²) >= 11 is 3.22. The second-order valence-electron chi connectivity index (χ2n) is 4.51. The van der Waals surface area contributed by atoms with Gasteiger partial charge in [0.05, 0.1) is 10.5 Å². The van der Waals surface area contributed by atoms with Gasteiger partial charge >= 0.3 is 5.97 Å². The van der Waals surface area contributed by atoms with E-state index in [1.165, 1.54) is 16.4 Å². The molecule has 20 heavy (non-hydrogen) atoms. The van der Waals surface area contributed by atoms with Crippen molar-refractivity contribution in [1.82, 2.24) is 4.31 Å². The molecule has 1 heterocycles. The fourth-order valence-corrected chi connectivity index (χ4v) is 4.29. The minimum atomic E-state index is -3.68. The van der Waals surface area contributed by atoms with Crippen molar-refractivity contribution in [3.05, 3.63) is 39.9 Å². The van der Waals surface area contributed by atoms with Crippen LogP contribution in [-0.4, -0.2) is 36.9 Å². The summed E-state index contributed by atoms with van der Waals surface area (Å²) in [4.78, 5) is 11.1. The van der Waals surface area contributed by atoms with Gasteiger partial charge in [-0.15, -0.1) is 0 Å². The Kier molecular flexibility index (Phi) is 4.31. The van der Waals surface area contributed by atoms with Crippen LogP contribution in [0.5, 0.6) is 0 Å². The highest BCUT2D eigenvalue weighted by atomic mass is 79.9. The van der Waals surface area contributed by atoms with E-state index in [4.69, 9.17) is 5.11 Å². The molecule has 1 aromatic rings. The van der Waals surface area contributed by atoms with Gasteiger partial charge in [-0.3, -0.25) is 0 Å². The van der Waals surface area contributed by atoms with E-state index in [1.54, 1.807) is 13.0 Å². The number of sulfonamides is 1. The Labute approximate surface area is 126 Å². The molecule has 0 fully saturated rings. The van der Waals surface area contributed by atoms with E-state index < -0.39 is 16.0 Å². The number of carboxylic acids is 1. The van der Waals surface area contributed by atoms with Crippen LogP contribution in [0.15, 0.2) is 33.7 Å². The summed E-state index contributed by atoms with van der Waals surface area (Å²) in [5.74, 6) is -1.15. The maximum absolute atomic E-state index is 12.6. The molecule has 1 aliphatic heterocycles. The summed E-state index contributed by atoms with van der Waals surface area (Å²) in [6, 6.07) is 2.63. The second-order valence-corrected chi connectivity index (χ2v) is 7.27. The molecule has 0 radical (unpaired) electrons. The second kappa shape index (κ2) is 5.67. The lowest BCUT2D eigenvalue weighted by Crippen LogP contribution is -2.34. The molecule has 7 heteroatoms. The smallest absolute Gasteiger partial charge is 0.335 e. The molecule has 0 atom stereocenters. The quantitative estimate of drug-likeness (QED) is 0.840. The predicted molar refractivity (Wildman–Crippen MR) is 78.4 cm³/mol. The molecule has 0 amide bonds. The van der Waals surface area contributed by atoms with Crippen molar-refractivity contribution in [1.29, 1.82) is 0 Å².